The number of anilines is 1. The van der Waals surface area contributed by atoms with Gasteiger partial charge in [-0.2, -0.15) is 0 Å². The van der Waals surface area contributed by atoms with Gasteiger partial charge in [0.1, 0.15) is 0 Å². The Morgan fingerprint density at radius 1 is 1.50 bits per heavy atom. The molecule has 8 nitrogen and oxygen atoms in total. The van der Waals surface area contributed by atoms with Crippen LogP contribution in [0.3, 0.4) is 0 Å². The van der Waals surface area contributed by atoms with Crippen molar-refractivity contribution >= 4 is 21.2 Å². The minimum Gasteiger partial charge on any atom is -0.392 e. The van der Waals surface area contributed by atoms with E-state index in [1.807, 2.05) is 0 Å². The van der Waals surface area contributed by atoms with Crippen LogP contribution in [0, 0.1) is 10.1 Å². The van der Waals surface area contributed by atoms with E-state index in [4.69, 9.17) is 5.73 Å². The Morgan fingerprint density at radius 2 is 2.15 bits per heavy atom. The van der Waals surface area contributed by atoms with Crippen LogP contribution in [0.5, 0.6) is 0 Å². The summed E-state index contributed by atoms with van der Waals surface area (Å²) in [4.78, 5) is 9.87. The lowest BCUT2D eigenvalue weighted by atomic mass is 10.3. The van der Waals surface area contributed by atoms with Crippen LogP contribution in [0.2, 0.25) is 0 Å². The van der Waals surface area contributed by atoms with E-state index < -0.39 is 26.6 Å². The average molecular weight is 303 g/mol. The molecule has 0 aliphatic heterocycles. The summed E-state index contributed by atoms with van der Waals surface area (Å²) >= 11 is 0. The summed E-state index contributed by atoms with van der Waals surface area (Å²) in [6, 6.07) is 3.51. The number of aliphatic hydroxyl groups excluding tert-OH is 1. The number of nitrogens with zero attached hydrogens (tertiary/aromatic N) is 1. The van der Waals surface area contributed by atoms with Crippen molar-refractivity contribution in [3.63, 3.8) is 0 Å². The van der Waals surface area contributed by atoms with Gasteiger partial charge in [0, 0.05) is 25.2 Å². The van der Waals surface area contributed by atoms with Gasteiger partial charge in [-0.05, 0) is 13.0 Å². The summed E-state index contributed by atoms with van der Waals surface area (Å²) in [5, 5.41) is 22.8. The zero-order valence-electron chi connectivity index (χ0n) is 10.9. The average Bonchev–Trinajstić information content (AvgIpc) is 2.34. The molecule has 9 heteroatoms. The van der Waals surface area contributed by atoms with Crippen LogP contribution in [0.4, 0.5) is 11.4 Å². The second-order valence-electron chi connectivity index (χ2n) is 4.28. The van der Waals surface area contributed by atoms with E-state index >= 15 is 0 Å². The lowest BCUT2D eigenvalue weighted by molar-refractivity contribution is -0.385. The number of non-ortho nitro benzene ring substituents is 1. The minimum atomic E-state index is -3.83. The van der Waals surface area contributed by atoms with E-state index in [0.717, 1.165) is 6.07 Å². The summed E-state index contributed by atoms with van der Waals surface area (Å²) in [5.74, 6) is -0.508. The Balaban J connectivity index is 3.30. The number of hydrogen-bond acceptors (Lipinski definition) is 7. The topological polar surface area (TPSA) is 136 Å². The van der Waals surface area contributed by atoms with Crippen LogP contribution >= 0.6 is 0 Å². The van der Waals surface area contributed by atoms with E-state index in [1.165, 1.54) is 19.1 Å². The van der Waals surface area contributed by atoms with E-state index in [9.17, 15) is 23.6 Å². The van der Waals surface area contributed by atoms with Gasteiger partial charge < -0.3 is 16.2 Å². The van der Waals surface area contributed by atoms with Crippen molar-refractivity contribution < 1.29 is 18.4 Å². The molecule has 1 atom stereocenters. The number of aliphatic hydroxyl groups is 1. The number of nitro groups is 1. The third-order valence-electron chi connectivity index (χ3n) is 2.43. The maximum atomic E-state index is 12.1. The van der Waals surface area contributed by atoms with Gasteiger partial charge in [-0.1, -0.05) is 0 Å². The first kappa shape index (κ1) is 16.3. The molecule has 1 aromatic rings. The fourth-order valence-corrected chi connectivity index (χ4v) is 3.23. The molecule has 0 heterocycles. The number of nitro benzene ring substituents is 1. The fraction of sp³-hybridized carbons (Fsp3) is 0.455. The van der Waals surface area contributed by atoms with Crippen molar-refractivity contribution in [2.45, 2.75) is 17.9 Å². The molecule has 1 aromatic carbocycles. The molecular weight excluding hydrogens is 286 g/mol. The van der Waals surface area contributed by atoms with Gasteiger partial charge in [-0.3, -0.25) is 10.1 Å². The van der Waals surface area contributed by atoms with E-state index in [1.54, 1.807) is 0 Å². The number of nitrogens with one attached hydrogen (secondary N) is 1. The highest BCUT2D eigenvalue weighted by atomic mass is 32.2. The highest BCUT2D eigenvalue weighted by molar-refractivity contribution is 7.91. The molecule has 1 rings (SSSR count). The Bertz CT molecular complexity index is 586. The standard InChI is InChI=1S/C11H17N3O5S/c1-8(15)7-20(18,19)11-6-9(14(16)17)2-3-10(11)13-5-4-12/h2-3,6,8,13,15H,4-5,7,12H2,1H3. The molecule has 0 aromatic heterocycles. The summed E-state index contributed by atoms with van der Waals surface area (Å²) < 4.78 is 24.3. The monoisotopic (exact) mass is 303 g/mol. The lowest BCUT2D eigenvalue weighted by Crippen LogP contribution is -2.20. The highest BCUT2D eigenvalue weighted by Gasteiger charge is 2.23. The number of rotatable bonds is 7. The summed E-state index contributed by atoms with van der Waals surface area (Å²) in [6.07, 6.45) is -1.07. The Hall–Kier alpha value is -1.71. The van der Waals surface area contributed by atoms with Gasteiger partial charge in [0.15, 0.2) is 9.84 Å². The first-order valence-electron chi connectivity index (χ1n) is 5.91. The molecule has 1 unspecified atom stereocenters. The molecule has 4 N–H and O–H groups in total. The molecular formula is C11H17N3O5S. The van der Waals surface area contributed by atoms with Gasteiger partial charge >= 0.3 is 0 Å². The minimum absolute atomic E-state index is 0.207. The van der Waals surface area contributed by atoms with Crippen molar-refractivity contribution in [2.75, 3.05) is 24.2 Å². The zero-order valence-corrected chi connectivity index (χ0v) is 11.8. The van der Waals surface area contributed by atoms with Gasteiger partial charge in [0.05, 0.1) is 27.4 Å². The Morgan fingerprint density at radius 3 is 2.65 bits per heavy atom. The van der Waals surface area contributed by atoms with Crippen LogP contribution in [-0.4, -0.2) is 43.4 Å². The van der Waals surface area contributed by atoms with E-state index in [-0.39, 0.29) is 22.8 Å². The molecule has 0 spiro atoms. The molecule has 0 radical (unpaired) electrons. The molecule has 0 amide bonds. The Kier molecular flexibility index (Phi) is 5.43. The highest BCUT2D eigenvalue weighted by Crippen LogP contribution is 2.27. The largest absolute Gasteiger partial charge is 0.392 e. The van der Waals surface area contributed by atoms with Crippen molar-refractivity contribution in [1.82, 2.24) is 0 Å². The molecule has 0 aliphatic rings. The van der Waals surface area contributed by atoms with Gasteiger partial charge in [0.2, 0.25) is 0 Å². The SMILES string of the molecule is CC(O)CS(=O)(=O)c1cc([N+](=O)[O-])ccc1NCCN. The van der Waals surface area contributed by atoms with Crippen LogP contribution in [0.15, 0.2) is 23.1 Å². The van der Waals surface area contributed by atoms with Crippen molar-refractivity contribution in [3.8, 4) is 0 Å². The predicted octanol–water partition coefficient (Wildman–Crippen LogP) is 0.120. The van der Waals surface area contributed by atoms with E-state index in [0.29, 0.717) is 6.54 Å². The first-order chi connectivity index (χ1) is 9.27. The van der Waals surface area contributed by atoms with Crippen LogP contribution < -0.4 is 11.1 Å². The summed E-state index contributed by atoms with van der Waals surface area (Å²) in [5.41, 5.74) is 5.25. The second-order valence-corrected chi connectivity index (χ2v) is 6.29. The predicted molar refractivity (Wildman–Crippen MR) is 74.4 cm³/mol. The van der Waals surface area contributed by atoms with Crippen LogP contribution in [0.25, 0.3) is 0 Å². The van der Waals surface area contributed by atoms with Crippen LogP contribution in [-0.2, 0) is 9.84 Å². The molecule has 0 saturated carbocycles. The van der Waals surface area contributed by atoms with E-state index in [2.05, 4.69) is 5.32 Å². The smallest absolute Gasteiger partial charge is 0.270 e. The number of hydrogen-bond donors (Lipinski definition) is 3. The summed E-state index contributed by atoms with van der Waals surface area (Å²) in [6.45, 7) is 1.95. The van der Waals surface area contributed by atoms with Crippen molar-refractivity contribution in [2.24, 2.45) is 5.73 Å². The third kappa shape index (κ3) is 4.15. The van der Waals surface area contributed by atoms with Gasteiger partial charge in [-0.25, -0.2) is 8.42 Å². The second kappa shape index (κ2) is 6.64. The van der Waals surface area contributed by atoms with Crippen molar-refractivity contribution in [1.29, 1.82) is 0 Å². The number of benzene rings is 1. The molecule has 0 bridgehead atoms. The zero-order chi connectivity index (χ0) is 15.3. The number of sulfone groups is 1. The maximum absolute atomic E-state index is 12.1. The molecule has 0 aliphatic carbocycles. The first-order valence-corrected chi connectivity index (χ1v) is 7.56. The molecule has 0 saturated heterocycles. The van der Waals surface area contributed by atoms with Gasteiger partial charge in [-0.15, -0.1) is 0 Å². The molecule has 20 heavy (non-hydrogen) atoms. The fourth-order valence-electron chi connectivity index (χ4n) is 1.64. The third-order valence-corrected chi connectivity index (χ3v) is 4.36. The van der Waals surface area contributed by atoms with Gasteiger partial charge in [0.25, 0.3) is 5.69 Å². The lowest BCUT2D eigenvalue weighted by Gasteiger charge is -2.13. The van der Waals surface area contributed by atoms with Crippen LogP contribution in [0.1, 0.15) is 6.92 Å². The normalized spacial score (nSPS) is 12.9. The maximum Gasteiger partial charge on any atom is 0.270 e. The van der Waals surface area contributed by atoms with Crippen molar-refractivity contribution in [3.05, 3.63) is 28.3 Å². The molecule has 0 fully saturated rings. The number of nitrogens with two attached hydrogens (primary N) is 1. The Labute approximate surface area is 116 Å². The summed E-state index contributed by atoms with van der Waals surface area (Å²) in [7, 11) is -3.83. The molecule has 112 valence electrons. The quantitative estimate of drug-likeness (QED) is 0.480.